The van der Waals surface area contributed by atoms with E-state index in [0.717, 1.165) is 24.3 Å². The predicted octanol–water partition coefficient (Wildman–Crippen LogP) is 4.22. The zero-order valence-corrected chi connectivity index (χ0v) is 12.8. The fourth-order valence-electron chi connectivity index (χ4n) is 2.06. The summed E-state index contributed by atoms with van der Waals surface area (Å²) in [5, 5.41) is 21.4. The van der Waals surface area contributed by atoms with Crippen LogP contribution in [0.3, 0.4) is 0 Å². The molecule has 4 nitrogen and oxygen atoms in total. The molecule has 0 bridgehead atoms. The van der Waals surface area contributed by atoms with E-state index in [4.69, 9.17) is 5.26 Å². The minimum atomic E-state index is -4.48. The van der Waals surface area contributed by atoms with Gasteiger partial charge in [0.1, 0.15) is 11.8 Å². The Morgan fingerprint density at radius 3 is 2.20 bits per heavy atom. The molecule has 0 unspecified atom stereocenters. The zero-order valence-electron chi connectivity index (χ0n) is 12.8. The minimum absolute atomic E-state index is 0.00976. The first kappa shape index (κ1) is 18.1. The highest BCUT2D eigenvalue weighted by molar-refractivity contribution is 6.06. The summed E-state index contributed by atoms with van der Waals surface area (Å²) in [4.78, 5) is 12.1. The zero-order chi connectivity index (χ0) is 18.4. The number of hydrogen-bond donors (Lipinski definition) is 2. The lowest BCUT2D eigenvalue weighted by Crippen LogP contribution is -2.16. The number of nitrogens with one attached hydrogen (secondary N) is 1. The Balaban J connectivity index is 2.14. The lowest BCUT2D eigenvalue weighted by atomic mass is 10.1. The quantitative estimate of drug-likeness (QED) is 0.494. The third-order valence-electron chi connectivity index (χ3n) is 3.31. The van der Waals surface area contributed by atoms with Gasteiger partial charge in [-0.1, -0.05) is 30.3 Å². The molecular weight excluding hydrogens is 333 g/mol. The number of anilines is 1. The van der Waals surface area contributed by atoms with Gasteiger partial charge in [-0.2, -0.15) is 18.4 Å². The van der Waals surface area contributed by atoms with Crippen LogP contribution in [0.15, 0.2) is 65.9 Å². The van der Waals surface area contributed by atoms with Gasteiger partial charge in [-0.3, -0.25) is 4.79 Å². The van der Waals surface area contributed by atoms with Crippen LogP contribution in [0.25, 0.3) is 0 Å². The number of amides is 1. The molecule has 2 rings (SSSR count). The van der Waals surface area contributed by atoms with Crippen molar-refractivity contribution in [2.24, 2.45) is 0 Å². The number of nitrogens with zero attached hydrogens (tertiary/aromatic N) is 1. The minimum Gasteiger partial charge on any atom is -0.510 e. The number of aliphatic hydroxyl groups is 1. The van der Waals surface area contributed by atoms with Gasteiger partial charge in [-0.05, 0) is 29.8 Å². The second-order valence-electron chi connectivity index (χ2n) is 5.13. The highest BCUT2D eigenvalue weighted by atomic mass is 19.4. The Kier molecular flexibility index (Phi) is 5.45. The Morgan fingerprint density at radius 1 is 1.08 bits per heavy atom. The van der Waals surface area contributed by atoms with E-state index in [9.17, 15) is 23.1 Å². The number of allylic oxidation sites excluding steroid dienone is 1. The summed E-state index contributed by atoms with van der Waals surface area (Å²) in [7, 11) is 0. The van der Waals surface area contributed by atoms with E-state index in [1.165, 1.54) is 0 Å². The number of carbonyl (C=O) groups excluding carboxylic acids is 1. The van der Waals surface area contributed by atoms with Gasteiger partial charge in [0.15, 0.2) is 5.57 Å². The molecule has 0 aromatic heterocycles. The molecule has 0 saturated carbocycles. The Hall–Kier alpha value is -3.27. The molecule has 128 valence electrons. The molecule has 0 aliphatic heterocycles. The first-order valence-electron chi connectivity index (χ1n) is 7.16. The van der Waals surface area contributed by atoms with Crippen molar-refractivity contribution < 1.29 is 23.1 Å². The standard InChI is InChI=1S/C18H13F3N2O2/c19-18(20,21)13-6-8-14(9-7-13)23-17(25)15(11-22)16(24)10-12-4-2-1-3-5-12/h1-9,24H,10H2,(H,23,25)/b16-15-. The van der Waals surface area contributed by atoms with E-state index in [-0.39, 0.29) is 12.1 Å². The number of hydrogen-bond acceptors (Lipinski definition) is 3. The van der Waals surface area contributed by atoms with Crippen molar-refractivity contribution in [2.45, 2.75) is 12.6 Å². The van der Waals surface area contributed by atoms with Crippen molar-refractivity contribution in [3.8, 4) is 6.07 Å². The van der Waals surface area contributed by atoms with Gasteiger partial charge in [0, 0.05) is 12.1 Å². The number of rotatable bonds is 4. The molecule has 0 aliphatic carbocycles. The van der Waals surface area contributed by atoms with E-state index in [1.807, 2.05) is 0 Å². The van der Waals surface area contributed by atoms with Crippen LogP contribution in [0.2, 0.25) is 0 Å². The maximum atomic E-state index is 12.5. The maximum absolute atomic E-state index is 12.5. The SMILES string of the molecule is N#C/C(C(=O)Nc1ccc(C(F)(F)F)cc1)=C(/O)Cc1ccccc1. The number of benzene rings is 2. The monoisotopic (exact) mass is 346 g/mol. The average Bonchev–Trinajstić information content (AvgIpc) is 2.56. The second-order valence-corrected chi connectivity index (χ2v) is 5.13. The van der Waals surface area contributed by atoms with Crippen LogP contribution in [0, 0.1) is 11.3 Å². The molecule has 0 saturated heterocycles. The molecule has 2 aromatic rings. The Morgan fingerprint density at radius 2 is 1.68 bits per heavy atom. The van der Waals surface area contributed by atoms with Crippen LogP contribution < -0.4 is 5.32 Å². The molecule has 0 fully saturated rings. The van der Waals surface area contributed by atoms with Crippen LogP contribution >= 0.6 is 0 Å². The molecular formula is C18H13F3N2O2. The highest BCUT2D eigenvalue weighted by Crippen LogP contribution is 2.29. The van der Waals surface area contributed by atoms with Crippen LogP contribution in [0.1, 0.15) is 11.1 Å². The molecule has 0 spiro atoms. The fourth-order valence-corrected chi connectivity index (χ4v) is 2.06. The molecule has 2 aromatic carbocycles. The van der Waals surface area contributed by atoms with Crippen molar-refractivity contribution in [3.05, 3.63) is 77.1 Å². The molecule has 25 heavy (non-hydrogen) atoms. The summed E-state index contributed by atoms with van der Waals surface area (Å²) in [6, 6.07) is 14.1. The number of nitriles is 1. The number of aliphatic hydroxyl groups excluding tert-OH is 1. The van der Waals surface area contributed by atoms with Crippen molar-refractivity contribution in [2.75, 3.05) is 5.32 Å². The van der Waals surface area contributed by atoms with Crippen LogP contribution in [-0.4, -0.2) is 11.0 Å². The maximum Gasteiger partial charge on any atom is 0.416 e. The van der Waals surface area contributed by atoms with E-state index >= 15 is 0 Å². The molecule has 2 N–H and O–H groups in total. The van der Waals surface area contributed by atoms with Gasteiger partial charge in [0.2, 0.25) is 0 Å². The summed E-state index contributed by atoms with van der Waals surface area (Å²) >= 11 is 0. The predicted molar refractivity (Wildman–Crippen MR) is 85.5 cm³/mol. The first-order chi connectivity index (χ1) is 11.8. The van der Waals surface area contributed by atoms with Gasteiger partial charge in [-0.25, -0.2) is 0 Å². The Labute approximate surface area is 141 Å². The lowest BCUT2D eigenvalue weighted by molar-refractivity contribution is -0.137. The van der Waals surface area contributed by atoms with Gasteiger partial charge < -0.3 is 10.4 Å². The molecule has 0 aliphatic rings. The number of carbonyl (C=O) groups is 1. The summed E-state index contributed by atoms with van der Waals surface area (Å²) in [5.41, 5.74) is -0.564. The van der Waals surface area contributed by atoms with E-state index in [1.54, 1.807) is 36.4 Å². The molecule has 7 heteroatoms. The van der Waals surface area contributed by atoms with E-state index in [0.29, 0.717) is 5.56 Å². The normalized spacial score (nSPS) is 12.1. The van der Waals surface area contributed by atoms with Crippen molar-refractivity contribution >= 4 is 11.6 Å². The van der Waals surface area contributed by atoms with Gasteiger partial charge in [0.05, 0.1) is 5.56 Å². The van der Waals surface area contributed by atoms with Crippen molar-refractivity contribution in [1.82, 2.24) is 0 Å². The molecule has 0 atom stereocenters. The van der Waals surface area contributed by atoms with Gasteiger partial charge in [0.25, 0.3) is 5.91 Å². The topological polar surface area (TPSA) is 73.1 Å². The third kappa shape index (κ3) is 4.85. The van der Waals surface area contributed by atoms with Crippen LogP contribution in [-0.2, 0) is 17.4 Å². The summed E-state index contributed by atoms with van der Waals surface area (Å²) in [5.74, 6) is -1.31. The third-order valence-corrected chi connectivity index (χ3v) is 3.31. The summed E-state index contributed by atoms with van der Waals surface area (Å²) < 4.78 is 37.5. The van der Waals surface area contributed by atoms with E-state index in [2.05, 4.69) is 5.32 Å². The van der Waals surface area contributed by atoms with Crippen LogP contribution in [0.5, 0.6) is 0 Å². The number of alkyl halides is 3. The largest absolute Gasteiger partial charge is 0.510 e. The number of halogens is 3. The summed E-state index contributed by atoms with van der Waals surface area (Å²) in [6.07, 6.45) is -4.49. The van der Waals surface area contributed by atoms with Crippen molar-refractivity contribution in [3.63, 3.8) is 0 Å². The van der Waals surface area contributed by atoms with Crippen LogP contribution in [0.4, 0.5) is 18.9 Å². The van der Waals surface area contributed by atoms with E-state index < -0.39 is 29.0 Å². The lowest BCUT2D eigenvalue weighted by Gasteiger charge is -2.09. The van der Waals surface area contributed by atoms with Gasteiger partial charge in [-0.15, -0.1) is 0 Å². The average molecular weight is 346 g/mol. The smallest absolute Gasteiger partial charge is 0.416 e. The summed E-state index contributed by atoms with van der Waals surface area (Å²) in [6.45, 7) is 0. The molecule has 0 heterocycles. The second kappa shape index (κ2) is 7.53. The van der Waals surface area contributed by atoms with Crippen molar-refractivity contribution in [1.29, 1.82) is 5.26 Å². The highest BCUT2D eigenvalue weighted by Gasteiger charge is 2.30. The first-order valence-corrected chi connectivity index (χ1v) is 7.16. The Bertz CT molecular complexity index is 820. The fraction of sp³-hybridized carbons (Fsp3) is 0.111. The molecule has 1 amide bonds. The molecule has 0 radical (unpaired) electrons. The van der Waals surface area contributed by atoms with Gasteiger partial charge >= 0.3 is 6.18 Å².